The Labute approximate surface area is 90.1 Å². The van der Waals surface area contributed by atoms with Crippen LogP contribution in [0.2, 0.25) is 0 Å². The van der Waals surface area contributed by atoms with Gasteiger partial charge < -0.3 is 4.74 Å². The molecule has 0 atom stereocenters. The highest BCUT2D eigenvalue weighted by atomic mass is 16.5. The van der Waals surface area contributed by atoms with Gasteiger partial charge in [-0.05, 0) is 6.92 Å². The molecule has 15 heavy (non-hydrogen) atoms. The van der Waals surface area contributed by atoms with Crippen molar-refractivity contribution in [2.45, 2.75) is 20.3 Å². The molecule has 0 saturated heterocycles. The maximum Gasteiger partial charge on any atom is 0.305 e. The molecular weight excluding hydrogens is 192 g/mol. The lowest BCUT2D eigenvalue weighted by Gasteiger charge is -1.89. The molecule has 0 spiro atoms. The van der Waals surface area contributed by atoms with E-state index in [0.29, 0.717) is 6.42 Å². The minimum atomic E-state index is -0.157. The van der Waals surface area contributed by atoms with Crippen LogP contribution in [0.1, 0.15) is 29.3 Å². The molecule has 1 aromatic rings. The Kier molecular flexibility index (Phi) is 6.89. The molecular formula is C12H16O3. The fourth-order valence-corrected chi connectivity index (χ4v) is 0.789. The van der Waals surface area contributed by atoms with E-state index < -0.39 is 0 Å². The molecule has 0 fully saturated rings. The summed E-state index contributed by atoms with van der Waals surface area (Å²) in [6.07, 6.45) is 1.32. The molecule has 0 aliphatic heterocycles. The van der Waals surface area contributed by atoms with Gasteiger partial charge in [-0.15, -0.1) is 0 Å². The maximum absolute atomic E-state index is 10.1. The second kappa shape index (κ2) is 7.74. The Morgan fingerprint density at radius 3 is 2.13 bits per heavy atom. The number of benzene rings is 1. The van der Waals surface area contributed by atoms with Gasteiger partial charge in [0, 0.05) is 12.0 Å². The van der Waals surface area contributed by atoms with Gasteiger partial charge >= 0.3 is 5.97 Å². The van der Waals surface area contributed by atoms with Crippen molar-refractivity contribution in [3.05, 3.63) is 35.4 Å². The fraction of sp³-hybridized carbons (Fsp3) is 0.333. The van der Waals surface area contributed by atoms with E-state index in [2.05, 4.69) is 4.74 Å². The molecule has 0 heterocycles. The number of rotatable bonds is 2. The van der Waals surface area contributed by atoms with E-state index in [1.165, 1.54) is 12.7 Å². The molecule has 0 radical (unpaired) electrons. The predicted octanol–water partition coefficient (Wildman–Crippen LogP) is 2.38. The van der Waals surface area contributed by atoms with Gasteiger partial charge in [0.05, 0.1) is 7.11 Å². The largest absolute Gasteiger partial charge is 0.469 e. The zero-order valence-corrected chi connectivity index (χ0v) is 9.32. The monoisotopic (exact) mass is 208 g/mol. The Balaban J connectivity index is 0.000000288. The first-order valence-corrected chi connectivity index (χ1v) is 4.72. The third kappa shape index (κ3) is 6.43. The number of hydrogen-bond acceptors (Lipinski definition) is 3. The molecule has 0 N–H and O–H groups in total. The van der Waals surface area contributed by atoms with Crippen molar-refractivity contribution in [1.82, 2.24) is 0 Å². The number of aldehydes is 1. The molecule has 0 bridgehead atoms. The molecule has 0 amide bonds. The molecule has 3 heteroatoms. The molecule has 0 unspecified atom stereocenters. The van der Waals surface area contributed by atoms with E-state index in [-0.39, 0.29) is 5.97 Å². The average molecular weight is 208 g/mol. The molecule has 0 aromatic heterocycles. The lowest BCUT2D eigenvalue weighted by atomic mass is 10.2. The number of carbonyl (C=O) groups excluding carboxylic acids is 2. The van der Waals surface area contributed by atoms with Gasteiger partial charge in [-0.3, -0.25) is 9.59 Å². The van der Waals surface area contributed by atoms with Crippen LogP contribution in [0.5, 0.6) is 0 Å². The zero-order valence-electron chi connectivity index (χ0n) is 9.32. The van der Waals surface area contributed by atoms with Crippen molar-refractivity contribution < 1.29 is 14.3 Å². The van der Waals surface area contributed by atoms with Gasteiger partial charge in [0.15, 0.2) is 0 Å². The van der Waals surface area contributed by atoms with E-state index in [4.69, 9.17) is 0 Å². The summed E-state index contributed by atoms with van der Waals surface area (Å²) in [6.45, 7) is 3.75. The van der Waals surface area contributed by atoms with Gasteiger partial charge in [0.2, 0.25) is 0 Å². The minimum absolute atomic E-state index is 0.157. The predicted molar refractivity (Wildman–Crippen MR) is 58.9 cm³/mol. The highest BCUT2D eigenvalue weighted by Gasteiger charge is 1.87. The molecule has 1 rings (SSSR count). The first-order chi connectivity index (χ1) is 7.13. The van der Waals surface area contributed by atoms with Crippen LogP contribution in [0.25, 0.3) is 0 Å². The number of hydrogen-bond donors (Lipinski definition) is 0. The van der Waals surface area contributed by atoms with E-state index in [1.807, 2.05) is 31.2 Å². The summed E-state index contributed by atoms with van der Waals surface area (Å²) in [5.41, 5.74) is 1.92. The van der Waals surface area contributed by atoms with Gasteiger partial charge in [-0.25, -0.2) is 0 Å². The topological polar surface area (TPSA) is 43.4 Å². The number of methoxy groups -OCH3 is 1. The Hall–Kier alpha value is -1.64. The molecule has 3 nitrogen and oxygen atoms in total. The summed E-state index contributed by atoms with van der Waals surface area (Å²) in [5.74, 6) is -0.157. The Morgan fingerprint density at radius 1 is 1.33 bits per heavy atom. The van der Waals surface area contributed by atoms with Gasteiger partial charge in [0.1, 0.15) is 6.29 Å². The summed E-state index contributed by atoms with van der Waals surface area (Å²) in [6, 6.07) is 7.46. The summed E-state index contributed by atoms with van der Waals surface area (Å²) >= 11 is 0. The average Bonchev–Trinajstić information content (AvgIpc) is 2.30. The van der Waals surface area contributed by atoms with Crippen molar-refractivity contribution in [3.8, 4) is 0 Å². The number of aryl methyl sites for hydroxylation is 1. The molecule has 82 valence electrons. The number of esters is 1. The molecule has 0 aliphatic rings. The van der Waals surface area contributed by atoms with Crippen molar-refractivity contribution in [3.63, 3.8) is 0 Å². The van der Waals surface area contributed by atoms with Crippen molar-refractivity contribution >= 4 is 12.3 Å². The SMILES string of the molecule is CCC(=O)OC.Cc1ccc(C=O)cc1. The smallest absolute Gasteiger partial charge is 0.305 e. The molecule has 0 aliphatic carbocycles. The lowest BCUT2D eigenvalue weighted by Crippen LogP contribution is -1.94. The normalized spacial score (nSPS) is 8.47. The second-order valence-corrected chi connectivity index (χ2v) is 2.96. The van der Waals surface area contributed by atoms with Crippen molar-refractivity contribution in [1.29, 1.82) is 0 Å². The Bertz CT molecular complexity index is 295. The minimum Gasteiger partial charge on any atom is -0.469 e. The Morgan fingerprint density at radius 2 is 1.87 bits per heavy atom. The van der Waals surface area contributed by atoms with E-state index in [1.54, 1.807) is 6.92 Å². The highest BCUT2D eigenvalue weighted by molar-refractivity contribution is 5.74. The summed E-state index contributed by atoms with van der Waals surface area (Å²) in [4.78, 5) is 20.1. The second-order valence-electron chi connectivity index (χ2n) is 2.96. The zero-order chi connectivity index (χ0) is 11.7. The number of ether oxygens (including phenoxy) is 1. The van der Waals surface area contributed by atoms with Crippen LogP contribution in [-0.2, 0) is 9.53 Å². The third-order valence-corrected chi connectivity index (χ3v) is 1.73. The van der Waals surface area contributed by atoms with Crippen LogP contribution >= 0.6 is 0 Å². The van der Waals surface area contributed by atoms with Crippen LogP contribution in [0, 0.1) is 6.92 Å². The van der Waals surface area contributed by atoms with E-state index in [0.717, 1.165) is 11.8 Å². The van der Waals surface area contributed by atoms with Crippen molar-refractivity contribution in [2.75, 3.05) is 7.11 Å². The lowest BCUT2D eigenvalue weighted by molar-refractivity contribution is -0.140. The maximum atomic E-state index is 10.1. The first kappa shape index (κ1) is 13.4. The highest BCUT2D eigenvalue weighted by Crippen LogP contribution is 1.98. The van der Waals surface area contributed by atoms with Crippen LogP contribution in [0.3, 0.4) is 0 Å². The van der Waals surface area contributed by atoms with Gasteiger partial charge in [-0.1, -0.05) is 36.8 Å². The van der Waals surface area contributed by atoms with E-state index >= 15 is 0 Å². The summed E-state index contributed by atoms with van der Waals surface area (Å²) < 4.78 is 4.26. The summed E-state index contributed by atoms with van der Waals surface area (Å²) in [7, 11) is 1.38. The van der Waals surface area contributed by atoms with Crippen LogP contribution < -0.4 is 0 Å². The standard InChI is InChI=1S/C8H8O.C4H8O2/c1-7-2-4-8(6-9)5-3-7;1-3-4(5)6-2/h2-6H,1H3;3H2,1-2H3. The fourth-order valence-electron chi connectivity index (χ4n) is 0.789. The van der Waals surface area contributed by atoms with Crippen LogP contribution in [-0.4, -0.2) is 19.4 Å². The molecule has 0 saturated carbocycles. The van der Waals surface area contributed by atoms with E-state index in [9.17, 15) is 9.59 Å². The molecule has 1 aromatic carbocycles. The van der Waals surface area contributed by atoms with Crippen LogP contribution in [0.4, 0.5) is 0 Å². The number of carbonyl (C=O) groups is 2. The van der Waals surface area contributed by atoms with Crippen molar-refractivity contribution in [2.24, 2.45) is 0 Å². The van der Waals surface area contributed by atoms with Gasteiger partial charge in [-0.2, -0.15) is 0 Å². The van der Waals surface area contributed by atoms with Gasteiger partial charge in [0.25, 0.3) is 0 Å². The first-order valence-electron chi connectivity index (χ1n) is 4.72. The quantitative estimate of drug-likeness (QED) is 0.553. The van der Waals surface area contributed by atoms with Crippen LogP contribution in [0.15, 0.2) is 24.3 Å². The third-order valence-electron chi connectivity index (χ3n) is 1.73. The summed E-state index contributed by atoms with van der Waals surface area (Å²) in [5, 5.41) is 0.